The van der Waals surface area contributed by atoms with E-state index in [-0.39, 0.29) is 34.7 Å². The number of ether oxygens (including phenoxy) is 1. The second kappa shape index (κ2) is 12.4. The van der Waals surface area contributed by atoms with Crippen molar-refractivity contribution >= 4 is 29.4 Å². The summed E-state index contributed by atoms with van der Waals surface area (Å²) in [6.45, 7) is 2.79. The van der Waals surface area contributed by atoms with Gasteiger partial charge in [0.05, 0.1) is 24.0 Å². The van der Waals surface area contributed by atoms with E-state index in [0.717, 1.165) is 12.8 Å². The standard InChI is InChI=1S/C27H31BF5N5O3/c29-13-17-15-37(16-17)9-8-34-23-7-5-19(14-35-23)25(21(28(39)40)12-27(31,32)33)18-4-6-22-20(11-18)26(30)36-38(22)24-3-1-2-10-41-24/h4-7,11,14,17,24,39-40H,1-3,8-10,12-13,15-16H2,(H,34,35). The number of halogens is 5. The van der Waals surface area contributed by atoms with Crippen LogP contribution in [0.15, 0.2) is 42.0 Å². The first-order valence-corrected chi connectivity index (χ1v) is 13.6. The third-order valence-electron chi connectivity index (χ3n) is 7.44. The van der Waals surface area contributed by atoms with Gasteiger partial charge in [0.15, 0.2) is 6.23 Å². The summed E-state index contributed by atoms with van der Waals surface area (Å²) in [5.74, 6) is -0.268. The Bertz CT molecular complexity index is 1370. The van der Waals surface area contributed by atoms with Gasteiger partial charge in [0, 0.05) is 50.5 Å². The number of nitrogens with zero attached hydrogens (tertiary/aromatic N) is 4. The Morgan fingerprint density at radius 3 is 2.54 bits per heavy atom. The zero-order chi connectivity index (χ0) is 29.1. The van der Waals surface area contributed by atoms with Crippen LogP contribution in [0.4, 0.5) is 27.8 Å². The molecule has 5 rings (SSSR count). The molecule has 1 aromatic carbocycles. The molecule has 2 aromatic heterocycles. The molecule has 1 atom stereocenters. The van der Waals surface area contributed by atoms with Crippen LogP contribution in [0.2, 0.25) is 0 Å². The molecule has 41 heavy (non-hydrogen) atoms. The fraction of sp³-hybridized carbons (Fsp3) is 0.481. The average Bonchev–Trinajstić information content (AvgIpc) is 3.26. The van der Waals surface area contributed by atoms with E-state index in [1.807, 2.05) is 0 Å². The van der Waals surface area contributed by atoms with Crippen LogP contribution in [0, 0.1) is 11.9 Å². The maximum Gasteiger partial charge on any atom is 0.485 e. The summed E-state index contributed by atoms with van der Waals surface area (Å²) in [6.07, 6.45) is -3.02. The molecule has 3 N–H and O–H groups in total. The van der Waals surface area contributed by atoms with Crippen molar-refractivity contribution in [3.05, 3.63) is 59.1 Å². The first-order valence-electron chi connectivity index (χ1n) is 13.6. The largest absolute Gasteiger partial charge is 0.485 e. The summed E-state index contributed by atoms with van der Waals surface area (Å²) in [7, 11) is -2.42. The van der Waals surface area contributed by atoms with Gasteiger partial charge in [-0.05, 0) is 60.1 Å². The van der Waals surface area contributed by atoms with Gasteiger partial charge in [-0.2, -0.15) is 17.6 Å². The van der Waals surface area contributed by atoms with Crippen molar-refractivity contribution in [3.8, 4) is 0 Å². The van der Waals surface area contributed by atoms with Gasteiger partial charge in [0.25, 0.3) is 0 Å². The fourth-order valence-corrected chi connectivity index (χ4v) is 5.40. The Labute approximate surface area is 234 Å². The quantitative estimate of drug-likeness (QED) is 0.243. The van der Waals surface area contributed by atoms with E-state index in [4.69, 9.17) is 4.74 Å². The molecule has 14 heteroatoms. The second-order valence-corrected chi connectivity index (χ2v) is 10.5. The molecule has 4 heterocycles. The van der Waals surface area contributed by atoms with Gasteiger partial charge in [-0.1, -0.05) is 6.07 Å². The lowest BCUT2D eigenvalue weighted by atomic mass is 9.71. The van der Waals surface area contributed by atoms with E-state index < -0.39 is 37.4 Å². The maximum absolute atomic E-state index is 15.0. The molecule has 0 amide bonds. The first-order chi connectivity index (χ1) is 19.6. The molecule has 2 fully saturated rings. The van der Waals surface area contributed by atoms with Crippen molar-refractivity contribution < 1.29 is 36.7 Å². The third kappa shape index (κ3) is 6.88. The number of benzene rings is 1. The summed E-state index contributed by atoms with van der Waals surface area (Å²) >= 11 is 0. The molecule has 2 saturated heterocycles. The molecule has 0 bridgehead atoms. The predicted octanol–water partition coefficient (Wildman–Crippen LogP) is 4.35. The highest BCUT2D eigenvalue weighted by Gasteiger charge is 2.36. The number of hydrogen-bond donors (Lipinski definition) is 3. The summed E-state index contributed by atoms with van der Waals surface area (Å²) in [5, 5.41) is 27.2. The predicted molar refractivity (Wildman–Crippen MR) is 144 cm³/mol. The molecule has 8 nitrogen and oxygen atoms in total. The molecule has 220 valence electrons. The molecule has 1 unspecified atom stereocenters. The van der Waals surface area contributed by atoms with E-state index in [0.29, 0.717) is 50.5 Å². The van der Waals surface area contributed by atoms with Gasteiger partial charge >= 0.3 is 13.3 Å². The number of alkyl halides is 4. The number of pyridine rings is 1. The molecule has 0 radical (unpaired) electrons. The highest BCUT2D eigenvalue weighted by atomic mass is 19.4. The van der Waals surface area contributed by atoms with Crippen molar-refractivity contribution in [1.29, 1.82) is 0 Å². The smallest absolute Gasteiger partial charge is 0.423 e. The number of rotatable bonds is 10. The van der Waals surface area contributed by atoms with Crippen molar-refractivity contribution in [2.45, 2.75) is 38.1 Å². The minimum atomic E-state index is -4.74. The topological polar surface area (TPSA) is 95.7 Å². The molecule has 2 aliphatic heterocycles. The van der Waals surface area contributed by atoms with Crippen LogP contribution >= 0.6 is 0 Å². The number of allylic oxidation sites excluding steroid dienone is 1. The Morgan fingerprint density at radius 2 is 1.90 bits per heavy atom. The van der Waals surface area contributed by atoms with Crippen LogP contribution in [0.1, 0.15) is 43.0 Å². The number of anilines is 1. The first kappa shape index (κ1) is 29.4. The van der Waals surface area contributed by atoms with Crippen LogP contribution in [-0.4, -0.2) is 82.5 Å². The SMILES string of the molecule is OB(O)C(CC(F)(F)F)=C(c1ccc(NCCN2CC(CF)C2)nc1)c1ccc2c(c1)c(F)nn2C1CCCCO1. The normalized spacial score (nSPS) is 19.2. The lowest BCUT2D eigenvalue weighted by molar-refractivity contribution is -0.126. The molecule has 3 aromatic rings. The van der Waals surface area contributed by atoms with Crippen molar-refractivity contribution in [3.63, 3.8) is 0 Å². The van der Waals surface area contributed by atoms with Crippen LogP contribution in [-0.2, 0) is 4.74 Å². The Balaban J connectivity index is 1.46. The highest BCUT2D eigenvalue weighted by molar-refractivity contribution is 6.53. The van der Waals surface area contributed by atoms with Crippen molar-refractivity contribution in [2.75, 3.05) is 44.8 Å². The molecule has 0 saturated carbocycles. The van der Waals surface area contributed by atoms with Gasteiger partial charge in [0.2, 0.25) is 5.95 Å². The van der Waals surface area contributed by atoms with Crippen LogP contribution in [0.25, 0.3) is 16.5 Å². The van der Waals surface area contributed by atoms with Crippen molar-refractivity contribution in [2.24, 2.45) is 5.92 Å². The summed E-state index contributed by atoms with van der Waals surface area (Å²) in [4.78, 5) is 6.40. The molecule has 0 aliphatic carbocycles. The Hall–Kier alpha value is -3.07. The zero-order valence-corrected chi connectivity index (χ0v) is 22.2. The zero-order valence-electron chi connectivity index (χ0n) is 22.2. The van der Waals surface area contributed by atoms with Crippen LogP contribution < -0.4 is 5.32 Å². The fourth-order valence-electron chi connectivity index (χ4n) is 5.40. The molecule has 2 aliphatic rings. The number of nitrogens with one attached hydrogen (secondary N) is 1. The number of hydrogen-bond acceptors (Lipinski definition) is 7. The monoisotopic (exact) mass is 579 g/mol. The minimum absolute atomic E-state index is 0.0696. The molecule has 0 spiro atoms. The summed E-state index contributed by atoms with van der Waals surface area (Å²) < 4.78 is 75.4. The second-order valence-electron chi connectivity index (χ2n) is 10.5. The Morgan fingerprint density at radius 1 is 1.12 bits per heavy atom. The van der Waals surface area contributed by atoms with Gasteiger partial charge in [-0.15, -0.1) is 5.10 Å². The molecular formula is C27H31BF5N5O3. The van der Waals surface area contributed by atoms with E-state index in [2.05, 4.69) is 20.3 Å². The van der Waals surface area contributed by atoms with E-state index in [9.17, 15) is 27.6 Å². The van der Waals surface area contributed by atoms with Crippen LogP contribution in [0.3, 0.4) is 0 Å². The highest BCUT2D eigenvalue weighted by Crippen LogP contribution is 2.37. The van der Waals surface area contributed by atoms with E-state index >= 15 is 4.39 Å². The minimum Gasteiger partial charge on any atom is -0.423 e. The van der Waals surface area contributed by atoms with Gasteiger partial charge < -0.3 is 25.0 Å². The molecular weight excluding hydrogens is 548 g/mol. The summed E-state index contributed by atoms with van der Waals surface area (Å²) in [5.41, 5.74) is -0.0490. The number of likely N-dealkylation sites (tertiary alicyclic amines) is 1. The van der Waals surface area contributed by atoms with Gasteiger partial charge in [0.1, 0.15) is 5.82 Å². The Kier molecular flexibility index (Phi) is 8.92. The van der Waals surface area contributed by atoms with Crippen molar-refractivity contribution in [1.82, 2.24) is 19.7 Å². The number of aromatic nitrogens is 3. The lowest BCUT2D eigenvalue weighted by Crippen LogP contribution is -2.49. The van der Waals surface area contributed by atoms with Gasteiger partial charge in [-0.3, -0.25) is 4.39 Å². The third-order valence-corrected chi connectivity index (χ3v) is 7.44. The lowest BCUT2D eigenvalue weighted by Gasteiger charge is -2.37. The number of fused-ring (bicyclic) bond motifs is 1. The van der Waals surface area contributed by atoms with E-state index in [1.54, 1.807) is 12.1 Å². The summed E-state index contributed by atoms with van der Waals surface area (Å²) in [6, 6.07) is 7.49. The maximum atomic E-state index is 15.0. The van der Waals surface area contributed by atoms with E-state index in [1.165, 1.54) is 29.1 Å². The van der Waals surface area contributed by atoms with Gasteiger partial charge in [-0.25, -0.2) is 9.67 Å². The van der Waals surface area contributed by atoms with Crippen LogP contribution in [0.5, 0.6) is 0 Å². The average molecular weight is 579 g/mol.